The predicted molar refractivity (Wildman–Crippen MR) is 154 cm³/mol. The van der Waals surface area contributed by atoms with Crippen LogP contribution in [0, 0.1) is 0 Å². The first kappa shape index (κ1) is 20.6. The molecule has 0 aliphatic carbocycles. The molecule has 1 aromatic heterocycles. The van der Waals surface area contributed by atoms with E-state index in [1.165, 1.54) is 48.8 Å². The van der Waals surface area contributed by atoms with E-state index in [0.29, 0.717) is 0 Å². The largest absolute Gasteiger partial charge is 0.308 e. The van der Waals surface area contributed by atoms with Gasteiger partial charge in [0.15, 0.2) is 0 Å². The lowest BCUT2D eigenvalue weighted by atomic mass is 9.90. The van der Waals surface area contributed by atoms with Crippen LogP contribution in [0.25, 0.3) is 21.9 Å². The summed E-state index contributed by atoms with van der Waals surface area (Å²) < 4.78 is 0. The van der Waals surface area contributed by atoms with E-state index in [0.717, 1.165) is 17.2 Å². The van der Waals surface area contributed by atoms with E-state index in [1.807, 2.05) is 24.0 Å². The van der Waals surface area contributed by atoms with Gasteiger partial charge in [-0.25, -0.2) is 4.98 Å². The monoisotopic (exact) mass is 491 g/mol. The van der Waals surface area contributed by atoms with Crippen molar-refractivity contribution in [3.63, 3.8) is 0 Å². The molecule has 0 saturated carbocycles. The predicted octanol–water partition coefficient (Wildman–Crippen LogP) is 9.62. The van der Waals surface area contributed by atoms with Crippen LogP contribution in [0.4, 0.5) is 34.3 Å². The van der Waals surface area contributed by atoms with Gasteiger partial charge in [0, 0.05) is 32.6 Å². The van der Waals surface area contributed by atoms with Gasteiger partial charge in [-0.15, -0.1) is 0 Å². The molecule has 3 heterocycles. The van der Waals surface area contributed by atoms with Crippen LogP contribution < -0.4 is 9.80 Å². The Kier molecular flexibility index (Phi) is 4.45. The number of benzene rings is 5. The highest BCUT2D eigenvalue weighted by Crippen LogP contribution is 2.57. The Bertz CT molecular complexity index is 1810. The molecule has 2 aliphatic rings. The number of rotatable bonds is 2. The molecule has 0 atom stereocenters. The quantitative estimate of drug-likeness (QED) is 0.240. The molecule has 0 bridgehead atoms. The molecule has 174 valence electrons. The van der Waals surface area contributed by atoms with Crippen LogP contribution in [0.2, 0.25) is 0 Å². The van der Waals surface area contributed by atoms with Crippen LogP contribution in [-0.2, 0) is 0 Å². The molecular formula is C33H21N3S. The van der Waals surface area contributed by atoms with Gasteiger partial charge < -0.3 is 4.90 Å². The Morgan fingerprint density at radius 2 is 1.30 bits per heavy atom. The highest BCUT2D eigenvalue weighted by Gasteiger charge is 2.31. The molecule has 2 aliphatic heterocycles. The number of hydrogen-bond donors (Lipinski definition) is 0. The Hall–Kier alpha value is -4.54. The van der Waals surface area contributed by atoms with Gasteiger partial charge in [-0.1, -0.05) is 78.5 Å². The Morgan fingerprint density at radius 1 is 0.514 bits per heavy atom. The summed E-state index contributed by atoms with van der Waals surface area (Å²) >= 11 is 1.84. The Morgan fingerprint density at radius 3 is 2.16 bits per heavy atom. The van der Waals surface area contributed by atoms with Crippen molar-refractivity contribution in [2.75, 3.05) is 9.80 Å². The average Bonchev–Trinajstić information content (AvgIpc) is 2.96. The third kappa shape index (κ3) is 3.06. The van der Waals surface area contributed by atoms with Crippen molar-refractivity contribution in [3.05, 3.63) is 128 Å². The SMILES string of the molecule is c1ccc(N2c3ccccc3Sc3cc4c(cc32)-c2cccc3cccc(c23)N4c2ccccn2)cc1. The molecule has 0 fully saturated rings. The summed E-state index contributed by atoms with van der Waals surface area (Å²) in [7, 11) is 0. The number of aromatic nitrogens is 1. The third-order valence-electron chi connectivity index (χ3n) is 7.19. The molecule has 37 heavy (non-hydrogen) atoms. The average molecular weight is 492 g/mol. The fourth-order valence-electron chi connectivity index (χ4n) is 5.64. The lowest BCUT2D eigenvalue weighted by Crippen LogP contribution is -2.19. The number of fused-ring (bicyclic) bond motifs is 4. The van der Waals surface area contributed by atoms with Crippen molar-refractivity contribution in [1.82, 2.24) is 4.98 Å². The molecule has 8 rings (SSSR count). The fourth-order valence-corrected chi connectivity index (χ4v) is 6.71. The van der Waals surface area contributed by atoms with Gasteiger partial charge in [0.25, 0.3) is 0 Å². The first-order valence-electron chi connectivity index (χ1n) is 12.4. The first-order chi connectivity index (χ1) is 18.4. The van der Waals surface area contributed by atoms with Crippen LogP contribution in [0.5, 0.6) is 0 Å². The minimum absolute atomic E-state index is 0.923. The topological polar surface area (TPSA) is 19.4 Å². The van der Waals surface area contributed by atoms with Crippen LogP contribution in [-0.4, -0.2) is 4.98 Å². The van der Waals surface area contributed by atoms with E-state index in [9.17, 15) is 0 Å². The summed E-state index contributed by atoms with van der Waals surface area (Å²) in [6.45, 7) is 0. The maximum absolute atomic E-state index is 4.78. The van der Waals surface area contributed by atoms with Gasteiger partial charge in [-0.2, -0.15) is 0 Å². The van der Waals surface area contributed by atoms with E-state index in [2.05, 4.69) is 125 Å². The number of para-hydroxylation sites is 2. The summed E-state index contributed by atoms with van der Waals surface area (Å²) in [4.78, 5) is 12.0. The van der Waals surface area contributed by atoms with Gasteiger partial charge in [-0.3, -0.25) is 4.90 Å². The number of pyridine rings is 1. The highest BCUT2D eigenvalue weighted by molar-refractivity contribution is 7.99. The summed E-state index contributed by atoms with van der Waals surface area (Å²) in [6, 6.07) is 43.4. The second kappa shape index (κ2) is 7.99. The second-order valence-electron chi connectivity index (χ2n) is 9.28. The fraction of sp³-hybridized carbons (Fsp3) is 0. The van der Waals surface area contributed by atoms with Crippen molar-refractivity contribution >= 4 is 56.8 Å². The van der Waals surface area contributed by atoms with Gasteiger partial charge in [0.1, 0.15) is 5.82 Å². The maximum atomic E-state index is 4.78. The molecule has 3 nitrogen and oxygen atoms in total. The summed E-state index contributed by atoms with van der Waals surface area (Å²) in [5, 5.41) is 2.50. The number of hydrogen-bond acceptors (Lipinski definition) is 4. The van der Waals surface area contributed by atoms with Gasteiger partial charge >= 0.3 is 0 Å². The standard InChI is InChI=1S/C33H21N3S/c1-2-12-23(13-3-1)35-26-15-4-5-17-30(26)37-31-21-28-25(20-29(31)35)24-14-8-10-22-11-9-16-27(33(22)24)36(28)32-18-6-7-19-34-32/h1-21H. The zero-order chi connectivity index (χ0) is 24.3. The molecule has 6 aromatic rings. The normalized spacial score (nSPS) is 13.2. The van der Waals surface area contributed by atoms with E-state index < -0.39 is 0 Å². The van der Waals surface area contributed by atoms with Gasteiger partial charge in [0.05, 0.1) is 22.7 Å². The zero-order valence-electron chi connectivity index (χ0n) is 19.9. The molecule has 0 unspecified atom stereocenters. The van der Waals surface area contributed by atoms with Gasteiger partial charge in [-0.05, 0) is 65.5 Å². The molecule has 0 radical (unpaired) electrons. The van der Waals surface area contributed by atoms with Crippen molar-refractivity contribution in [2.45, 2.75) is 9.79 Å². The van der Waals surface area contributed by atoms with Crippen LogP contribution >= 0.6 is 11.8 Å². The zero-order valence-corrected chi connectivity index (χ0v) is 20.7. The highest BCUT2D eigenvalue weighted by atomic mass is 32.2. The smallest absolute Gasteiger partial charge is 0.137 e. The molecular weight excluding hydrogens is 470 g/mol. The minimum Gasteiger partial charge on any atom is -0.308 e. The second-order valence-corrected chi connectivity index (χ2v) is 10.4. The van der Waals surface area contributed by atoms with E-state index in [-0.39, 0.29) is 0 Å². The van der Waals surface area contributed by atoms with Crippen molar-refractivity contribution in [1.29, 1.82) is 0 Å². The lowest BCUT2D eigenvalue weighted by Gasteiger charge is -2.37. The molecule has 0 spiro atoms. The molecule has 0 saturated heterocycles. The number of nitrogens with zero attached hydrogens (tertiary/aromatic N) is 3. The maximum Gasteiger partial charge on any atom is 0.137 e. The van der Waals surface area contributed by atoms with Crippen molar-refractivity contribution in [2.24, 2.45) is 0 Å². The van der Waals surface area contributed by atoms with Crippen LogP contribution in [0.3, 0.4) is 0 Å². The van der Waals surface area contributed by atoms with Crippen LogP contribution in [0.1, 0.15) is 0 Å². The Labute approximate surface area is 219 Å². The van der Waals surface area contributed by atoms with E-state index >= 15 is 0 Å². The molecule has 0 amide bonds. The minimum atomic E-state index is 0.923. The molecule has 5 aromatic carbocycles. The Balaban J connectivity index is 1.46. The van der Waals surface area contributed by atoms with Gasteiger partial charge in [0.2, 0.25) is 0 Å². The molecule has 4 heteroatoms. The first-order valence-corrected chi connectivity index (χ1v) is 13.2. The van der Waals surface area contributed by atoms with Crippen molar-refractivity contribution < 1.29 is 0 Å². The van der Waals surface area contributed by atoms with Crippen LogP contribution in [0.15, 0.2) is 137 Å². The van der Waals surface area contributed by atoms with E-state index in [1.54, 1.807) is 0 Å². The summed E-state index contributed by atoms with van der Waals surface area (Å²) in [5.74, 6) is 0.923. The lowest BCUT2D eigenvalue weighted by molar-refractivity contribution is 1.14. The van der Waals surface area contributed by atoms with Crippen molar-refractivity contribution in [3.8, 4) is 11.1 Å². The number of anilines is 6. The van der Waals surface area contributed by atoms with E-state index in [4.69, 9.17) is 4.98 Å². The summed E-state index contributed by atoms with van der Waals surface area (Å²) in [6.07, 6.45) is 1.87. The molecule has 0 N–H and O–H groups in total. The third-order valence-corrected chi connectivity index (χ3v) is 8.30. The summed E-state index contributed by atoms with van der Waals surface area (Å²) in [5.41, 5.74) is 8.37.